The largest absolute Gasteiger partial charge is 0.465 e. The zero-order valence-corrected chi connectivity index (χ0v) is 15.6. The van der Waals surface area contributed by atoms with Crippen molar-refractivity contribution in [1.82, 2.24) is 0 Å². The molecule has 0 aromatic heterocycles. The highest BCUT2D eigenvalue weighted by Gasteiger charge is 2.43. The minimum atomic E-state index is -0.877. The number of benzene rings is 1. The molecule has 0 saturated carbocycles. The zero-order valence-electron chi connectivity index (χ0n) is 14.8. The quantitative estimate of drug-likeness (QED) is 0.562. The maximum Gasteiger partial charge on any atom is 0.336 e. The molecule has 7 heteroatoms. The fourth-order valence-corrected chi connectivity index (χ4v) is 3.27. The van der Waals surface area contributed by atoms with E-state index in [-0.39, 0.29) is 24.5 Å². The van der Waals surface area contributed by atoms with Crippen LogP contribution in [0, 0.1) is 5.92 Å². The van der Waals surface area contributed by atoms with Gasteiger partial charge in [0.25, 0.3) is 0 Å². The molecule has 0 fully saturated rings. The molecule has 26 heavy (non-hydrogen) atoms. The van der Waals surface area contributed by atoms with E-state index in [0.717, 1.165) is 0 Å². The van der Waals surface area contributed by atoms with Gasteiger partial charge in [-0.1, -0.05) is 29.8 Å². The lowest BCUT2D eigenvalue weighted by atomic mass is 9.75. The molecule has 2 rings (SSSR count). The van der Waals surface area contributed by atoms with Gasteiger partial charge < -0.3 is 9.47 Å². The Bertz CT molecular complexity index is 784. The highest BCUT2D eigenvalue weighted by molar-refractivity contribution is 6.31. The van der Waals surface area contributed by atoms with E-state index in [4.69, 9.17) is 21.1 Å². The standard InChI is InChI=1S/C19H20ClNO5/c1-4-25-18(23)15-11(3)21-14(10-22)17(19(24)26-5-2)16(15)12-8-6-7-9-13(12)20/h6-10,15-16H,4-5H2,1-3H3. The number of carbonyl (C=O) groups excluding carboxylic acids is 3. The number of halogens is 1. The zero-order chi connectivity index (χ0) is 19.3. The lowest BCUT2D eigenvalue weighted by Crippen LogP contribution is -2.37. The Morgan fingerprint density at radius 3 is 2.42 bits per heavy atom. The monoisotopic (exact) mass is 377 g/mol. The summed E-state index contributed by atoms with van der Waals surface area (Å²) in [4.78, 5) is 40.9. The van der Waals surface area contributed by atoms with Crippen molar-refractivity contribution in [2.75, 3.05) is 13.2 Å². The molecule has 0 bridgehead atoms. The Labute approximate surface area is 156 Å². The number of hydrogen-bond donors (Lipinski definition) is 0. The summed E-state index contributed by atoms with van der Waals surface area (Å²) in [6, 6.07) is 6.85. The van der Waals surface area contributed by atoms with Gasteiger partial charge in [-0.15, -0.1) is 0 Å². The van der Waals surface area contributed by atoms with Gasteiger partial charge in [-0.3, -0.25) is 14.6 Å². The number of allylic oxidation sites excluding steroid dienone is 1. The van der Waals surface area contributed by atoms with E-state index >= 15 is 0 Å². The molecule has 0 aliphatic carbocycles. The molecular weight excluding hydrogens is 358 g/mol. The molecule has 1 heterocycles. The van der Waals surface area contributed by atoms with Gasteiger partial charge in [-0.05, 0) is 32.4 Å². The first-order valence-electron chi connectivity index (χ1n) is 8.28. The predicted molar refractivity (Wildman–Crippen MR) is 97.1 cm³/mol. The second-order valence-electron chi connectivity index (χ2n) is 5.62. The third-order valence-corrected chi connectivity index (χ3v) is 4.40. The van der Waals surface area contributed by atoms with Crippen molar-refractivity contribution < 1.29 is 23.9 Å². The summed E-state index contributed by atoms with van der Waals surface area (Å²) in [5.74, 6) is -2.94. The van der Waals surface area contributed by atoms with Crippen LogP contribution in [0.15, 0.2) is 40.5 Å². The van der Waals surface area contributed by atoms with Crippen LogP contribution >= 0.6 is 11.6 Å². The van der Waals surface area contributed by atoms with Crippen molar-refractivity contribution >= 4 is 35.5 Å². The van der Waals surface area contributed by atoms with Crippen LogP contribution in [0.1, 0.15) is 32.3 Å². The molecule has 6 nitrogen and oxygen atoms in total. The predicted octanol–water partition coefficient (Wildman–Crippen LogP) is 3.09. The average molecular weight is 378 g/mol. The molecule has 0 amide bonds. The van der Waals surface area contributed by atoms with Crippen molar-refractivity contribution in [2.45, 2.75) is 26.7 Å². The molecule has 2 unspecified atom stereocenters. The maximum absolute atomic E-state index is 12.6. The molecule has 0 radical (unpaired) electrons. The van der Waals surface area contributed by atoms with Crippen LogP contribution in [0.4, 0.5) is 0 Å². The maximum atomic E-state index is 12.6. The Kier molecular flexibility index (Phi) is 6.69. The van der Waals surface area contributed by atoms with Gasteiger partial charge in [0.15, 0.2) is 6.29 Å². The fourth-order valence-electron chi connectivity index (χ4n) is 3.02. The number of aldehydes is 1. The number of carbonyl (C=O) groups is 3. The van der Waals surface area contributed by atoms with Crippen molar-refractivity contribution in [3.8, 4) is 0 Å². The molecule has 1 aromatic carbocycles. The van der Waals surface area contributed by atoms with Crippen LogP contribution in [0.25, 0.3) is 0 Å². The van der Waals surface area contributed by atoms with Gasteiger partial charge in [0, 0.05) is 16.7 Å². The number of ether oxygens (including phenoxy) is 2. The molecule has 0 N–H and O–H groups in total. The Hall–Kier alpha value is -2.47. The van der Waals surface area contributed by atoms with Crippen LogP contribution in [0.5, 0.6) is 0 Å². The topological polar surface area (TPSA) is 82.0 Å². The molecule has 1 aromatic rings. The summed E-state index contributed by atoms with van der Waals surface area (Å²) in [5, 5.41) is 0.369. The number of nitrogens with zero attached hydrogens (tertiary/aromatic N) is 1. The van der Waals surface area contributed by atoms with Gasteiger partial charge in [-0.2, -0.15) is 0 Å². The Morgan fingerprint density at radius 1 is 1.19 bits per heavy atom. The highest BCUT2D eigenvalue weighted by Crippen LogP contribution is 2.42. The van der Waals surface area contributed by atoms with Gasteiger partial charge in [0.1, 0.15) is 11.6 Å². The number of rotatable bonds is 6. The summed E-state index contributed by atoms with van der Waals surface area (Å²) in [6.45, 7) is 5.27. The van der Waals surface area contributed by atoms with E-state index in [1.807, 2.05) is 0 Å². The number of aliphatic imine (C=N–C) groups is 1. The van der Waals surface area contributed by atoms with Crippen LogP contribution in [-0.4, -0.2) is 37.2 Å². The molecule has 1 aliphatic rings. The molecule has 0 saturated heterocycles. The summed E-state index contributed by atoms with van der Waals surface area (Å²) in [7, 11) is 0. The van der Waals surface area contributed by atoms with Gasteiger partial charge in [0.05, 0.1) is 18.8 Å². The Morgan fingerprint density at radius 2 is 1.85 bits per heavy atom. The fraction of sp³-hybridized carbons (Fsp3) is 0.368. The molecule has 2 atom stereocenters. The molecule has 0 spiro atoms. The number of hydrogen-bond acceptors (Lipinski definition) is 6. The summed E-state index contributed by atoms with van der Waals surface area (Å²) in [6.07, 6.45) is 0.487. The van der Waals surface area contributed by atoms with E-state index in [1.165, 1.54) is 0 Å². The van der Waals surface area contributed by atoms with Crippen molar-refractivity contribution in [3.63, 3.8) is 0 Å². The van der Waals surface area contributed by atoms with E-state index in [1.54, 1.807) is 45.0 Å². The van der Waals surface area contributed by atoms with E-state index < -0.39 is 23.8 Å². The highest BCUT2D eigenvalue weighted by atomic mass is 35.5. The molecule has 1 aliphatic heterocycles. The third-order valence-electron chi connectivity index (χ3n) is 4.05. The van der Waals surface area contributed by atoms with Crippen LogP contribution in [0.2, 0.25) is 5.02 Å². The van der Waals surface area contributed by atoms with E-state index in [9.17, 15) is 14.4 Å². The van der Waals surface area contributed by atoms with Crippen LogP contribution in [0.3, 0.4) is 0 Å². The summed E-state index contributed by atoms with van der Waals surface area (Å²) in [5.41, 5.74) is 0.859. The molecule has 138 valence electrons. The second-order valence-corrected chi connectivity index (χ2v) is 6.03. The lowest BCUT2D eigenvalue weighted by molar-refractivity contribution is -0.146. The minimum absolute atomic E-state index is 0.0126. The van der Waals surface area contributed by atoms with Crippen molar-refractivity contribution in [3.05, 3.63) is 46.1 Å². The van der Waals surface area contributed by atoms with Gasteiger partial charge in [-0.25, -0.2) is 4.79 Å². The van der Waals surface area contributed by atoms with Crippen LogP contribution in [-0.2, 0) is 23.9 Å². The third kappa shape index (κ3) is 3.85. The second kappa shape index (κ2) is 8.76. The molecular formula is C19H20ClNO5. The van der Waals surface area contributed by atoms with E-state index in [2.05, 4.69) is 4.99 Å². The van der Waals surface area contributed by atoms with Gasteiger partial charge >= 0.3 is 11.9 Å². The normalized spacial score (nSPS) is 19.6. The smallest absolute Gasteiger partial charge is 0.336 e. The first kappa shape index (κ1) is 19.8. The van der Waals surface area contributed by atoms with E-state index in [0.29, 0.717) is 22.6 Å². The lowest BCUT2D eigenvalue weighted by Gasteiger charge is -2.31. The first-order chi connectivity index (χ1) is 12.5. The van der Waals surface area contributed by atoms with Crippen molar-refractivity contribution in [1.29, 1.82) is 0 Å². The van der Waals surface area contributed by atoms with Crippen LogP contribution < -0.4 is 0 Å². The minimum Gasteiger partial charge on any atom is -0.465 e. The summed E-state index contributed by atoms with van der Waals surface area (Å²) >= 11 is 6.34. The average Bonchev–Trinajstić information content (AvgIpc) is 2.61. The first-order valence-corrected chi connectivity index (χ1v) is 8.66. The summed E-state index contributed by atoms with van der Waals surface area (Å²) < 4.78 is 10.3. The Balaban J connectivity index is 2.72. The number of esters is 2. The van der Waals surface area contributed by atoms with Gasteiger partial charge in [0.2, 0.25) is 0 Å². The SMILES string of the molecule is CCOC(=O)C1=C(C=O)N=C(C)C(C(=O)OCC)C1c1ccccc1Cl. The van der Waals surface area contributed by atoms with Crippen molar-refractivity contribution in [2.24, 2.45) is 10.9 Å².